The van der Waals surface area contributed by atoms with Gasteiger partial charge in [0.2, 0.25) is 5.91 Å². The second kappa shape index (κ2) is 7.64. The number of hydrogen-bond donors (Lipinski definition) is 1. The van der Waals surface area contributed by atoms with Gasteiger partial charge >= 0.3 is 0 Å². The van der Waals surface area contributed by atoms with Crippen LogP contribution in [-0.4, -0.2) is 12.5 Å². The van der Waals surface area contributed by atoms with Crippen molar-refractivity contribution in [3.63, 3.8) is 0 Å². The van der Waals surface area contributed by atoms with Gasteiger partial charge in [0.15, 0.2) is 0 Å². The Morgan fingerprint density at radius 3 is 2.50 bits per heavy atom. The Bertz CT molecular complexity index is 632. The highest BCUT2D eigenvalue weighted by Crippen LogP contribution is 2.18. The third-order valence-electron chi connectivity index (χ3n) is 3.75. The summed E-state index contributed by atoms with van der Waals surface area (Å²) >= 11 is 0. The lowest BCUT2D eigenvalue weighted by molar-refractivity contribution is -0.116. The van der Waals surface area contributed by atoms with Gasteiger partial charge in [-0.1, -0.05) is 24.3 Å². The fourth-order valence-electron chi connectivity index (χ4n) is 2.28. The Kier molecular flexibility index (Phi) is 5.59. The van der Waals surface area contributed by atoms with Crippen molar-refractivity contribution in [2.24, 2.45) is 0 Å². The molecular weight excluding hydrogens is 274 g/mol. The van der Waals surface area contributed by atoms with Crippen molar-refractivity contribution in [1.29, 1.82) is 0 Å². The van der Waals surface area contributed by atoms with Crippen LogP contribution in [0, 0.1) is 13.8 Å². The molecule has 0 aliphatic heterocycles. The van der Waals surface area contributed by atoms with Gasteiger partial charge in [-0.25, -0.2) is 0 Å². The number of rotatable bonds is 6. The Labute approximate surface area is 132 Å². The molecule has 22 heavy (non-hydrogen) atoms. The van der Waals surface area contributed by atoms with Gasteiger partial charge in [0.25, 0.3) is 0 Å². The van der Waals surface area contributed by atoms with Crippen LogP contribution in [0.1, 0.15) is 30.0 Å². The summed E-state index contributed by atoms with van der Waals surface area (Å²) in [4.78, 5) is 12.1. The van der Waals surface area contributed by atoms with Crippen LogP contribution in [-0.2, 0) is 11.2 Å². The Hall–Kier alpha value is -2.29. The molecule has 2 rings (SSSR count). The largest absolute Gasteiger partial charge is 0.494 e. The normalized spacial score (nSPS) is 10.3. The molecule has 0 aromatic heterocycles. The second-order valence-electron chi connectivity index (χ2n) is 5.37. The first-order valence-electron chi connectivity index (χ1n) is 7.68. The third-order valence-corrected chi connectivity index (χ3v) is 3.75. The molecule has 1 amide bonds. The fourth-order valence-corrected chi connectivity index (χ4v) is 2.28. The van der Waals surface area contributed by atoms with Crippen molar-refractivity contribution in [3.8, 4) is 5.75 Å². The summed E-state index contributed by atoms with van der Waals surface area (Å²) < 4.78 is 5.41. The number of anilines is 1. The van der Waals surface area contributed by atoms with E-state index >= 15 is 0 Å². The summed E-state index contributed by atoms with van der Waals surface area (Å²) in [6.07, 6.45) is 1.20. The number of ether oxygens (including phenoxy) is 1. The molecule has 3 nitrogen and oxygen atoms in total. The topological polar surface area (TPSA) is 38.3 Å². The van der Waals surface area contributed by atoms with Gasteiger partial charge in [0.05, 0.1) is 6.61 Å². The lowest BCUT2D eigenvalue weighted by atomic mass is 10.1. The van der Waals surface area contributed by atoms with Gasteiger partial charge in [0.1, 0.15) is 5.75 Å². The Morgan fingerprint density at radius 1 is 1.09 bits per heavy atom. The molecular formula is C19H23NO2. The number of nitrogens with one attached hydrogen (secondary N) is 1. The maximum atomic E-state index is 12.1. The van der Waals surface area contributed by atoms with Crippen LogP contribution in [0.2, 0.25) is 0 Å². The number of hydrogen-bond acceptors (Lipinski definition) is 2. The zero-order chi connectivity index (χ0) is 15.9. The third kappa shape index (κ3) is 4.35. The summed E-state index contributed by atoms with van der Waals surface area (Å²) in [5, 5.41) is 2.99. The van der Waals surface area contributed by atoms with Gasteiger partial charge in [-0.2, -0.15) is 0 Å². The van der Waals surface area contributed by atoms with E-state index in [1.807, 2.05) is 63.2 Å². The van der Waals surface area contributed by atoms with Gasteiger partial charge in [-0.3, -0.25) is 4.79 Å². The molecule has 116 valence electrons. The summed E-state index contributed by atoms with van der Waals surface area (Å²) in [5.41, 5.74) is 4.34. The van der Waals surface area contributed by atoms with E-state index in [-0.39, 0.29) is 5.91 Å². The molecule has 3 heteroatoms. The molecule has 0 fully saturated rings. The fraction of sp³-hybridized carbons (Fsp3) is 0.316. The average molecular weight is 297 g/mol. The van der Waals surface area contributed by atoms with Crippen LogP contribution in [0.4, 0.5) is 5.69 Å². The molecule has 2 aromatic rings. The van der Waals surface area contributed by atoms with Gasteiger partial charge in [-0.05, 0) is 62.1 Å². The highest BCUT2D eigenvalue weighted by Gasteiger charge is 2.06. The molecule has 0 unspecified atom stereocenters. The monoisotopic (exact) mass is 297 g/mol. The number of carbonyl (C=O) groups is 1. The Balaban J connectivity index is 1.88. The number of carbonyl (C=O) groups excluding carboxylic acids is 1. The lowest BCUT2D eigenvalue weighted by Crippen LogP contribution is -2.13. The van der Waals surface area contributed by atoms with E-state index in [1.54, 1.807) is 0 Å². The Morgan fingerprint density at radius 2 is 1.82 bits per heavy atom. The van der Waals surface area contributed by atoms with E-state index in [2.05, 4.69) is 5.32 Å². The van der Waals surface area contributed by atoms with Crippen molar-refractivity contribution >= 4 is 11.6 Å². The molecule has 0 bridgehead atoms. The molecule has 0 atom stereocenters. The molecule has 0 radical (unpaired) electrons. The maximum Gasteiger partial charge on any atom is 0.224 e. The highest BCUT2D eigenvalue weighted by atomic mass is 16.5. The minimum absolute atomic E-state index is 0.0441. The molecule has 0 heterocycles. The maximum absolute atomic E-state index is 12.1. The van der Waals surface area contributed by atoms with Crippen molar-refractivity contribution in [2.45, 2.75) is 33.6 Å². The summed E-state index contributed by atoms with van der Waals surface area (Å²) in [5.74, 6) is 0.911. The number of benzene rings is 2. The first kappa shape index (κ1) is 16.1. The molecule has 0 saturated heterocycles. The smallest absolute Gasteiger partial charge is 0.224 e. The van der Waals surface area contributed by atoms with E-state index in [0.29, 0.717) is 13.0 Å². The van der Waals surface area contributed by atoms with Gasteiger partial charge in [-0.15, -0.1) is 0 Å². The molecule has 0 aliphatic carbocycles. The molecule has 0 saturated carbocycles. The number of aryl methyl sites for hydroxylation is 2. The second-order valence-corrected chi connectivity index (χ2v) is 5.37. The van der Waals surface area contributed by atoms with Crippen molar-refractivity contribution in [2.75, 3.05) is 11.9 Å². The molecule has 1 N–H and O–H groups in total. The summed E-state index contributed by atoms with van der Waals surface area (Å²) in [6.45, 7) is 6.70. The zero-order valence-corrected chi connectivity index (χ0v) is 13.5. The van der Waals surface area contributed by atoms with E-state index in [0.717, 1.165) is 29.0 Å². The molecule has 0 aliphatic rings. The highest BCUT2D eigenvalue weighted by molar-refractivity contribution is 5.91. The predicted octanol–water partition coefficient (Wildman–Crippen LogP) is 4.27. The SMILES string of the molecule is CCOc1ccc(CCC(=O)Nc2cccc(C)c2C)cc1. The van der Waals surface area contributed by atoms with Crippen LogP contribution >= 0.6 is 0 Å². The number of amides is 1. The van der Waals surface area contributed by atoms with Crippen molar-refractivity contribution < 1.29 is 9.53 Å². The average Bonchev–Trinajstić information content (AvgIpc) is 2.51. The minimum Gasteiger partial charge on any atom is -0.494 e. The first-order chi connectivity index (χ1) is 10.6. The first-order valence-corrected chi connectivity index (χ1v) is 7.68. The summed E-state index contributed by atoms with van der Waals surface area (Å²) in [7, 11) is 0. The van der Waals surface area contributed by atoms with Crippen LogP contribution in [0.25, 0.3) is 0 Å². The molecule has 0 spiro atoms. The van der Waals surface area contributed by atoms with Crippen molar-refractivity contribution in [1.82, 2.24) is 0 Å². The van der Waals surface area contributed by atoms with Crippen molar-refractivity contribution in [3.05, 3.63) is 59.2 Å². The van der Waals surface area contributed by atoms with Crippen LogP contribution < -0.4 is 10.1 Å². The quantitative estimate of drug-likeness (QED) is 0.864. The van der Waals surface area contributed by atoms with Crippen LogP contribution in [0.5, 0.6) is 5.75 Å². The van der Waals surface area contributed by atoms with Gasteiger partial charge < -0.3 is 10.1 Å². The lowest BCUT2D eigenvalue weighted by Gasteiger charge is -2.10. The van der Waals surface area contributed by atoms with E-state index in [1.165, 1.54) is 5.56 Å². The van der Waals surface area contributed by atoms with E-state index < -0.39 is 0 Å². The summed E-state index contributed by atoms with van der Waals surface area (Å²) in [6, 6.07) is 13.9. The molecule has 2 aromatic carbocycles. The zero-order valence-electron chi connectivity index (χ0n) is 13.5. The van der Waals surface area contributed by atoms with E-state index in [4.69, 9.17) is 4.74 Å². The van der Waals surface area contributed by atoms with Crippen LogP contribution in [0.15, 0.2) is 42.5 Å². The van der Waals surface area contributed by atoms with Gasteiger partial charge in [0, 0.05) is 12.1 Å². The minimum atomic E-state index is 0.0441. The van der Waals surface area contributed by atoms with E-state index in [9.17, 15) is 4.79 Å². The predicted molar refractivity (Wildman–Crippen MR) is 90.5 cm³/mol. The standard InChI is InChI=1S/C19H23NO2/c1-4-22-17-11-8-16(9-12-17)10-13-19(21)20-18-7-5-6-14(2)15(18)3/h5-9,11-12H,4,10,13H2,1-3H3,(H,20,21). The van der Waals surface area contributed by atoms with Crippen LogP contribution in [0.3, 0.4) is 0 Å².